The fourth-order valence-electron chi connectivity index (χ4n) is 5.07. The van der Waals surface area contributed by atoms with Gasteiger partial charge in [0.25, 0.3) is 0 Å². The highest BCUT2D eigenvalue weighted by Gasteiger charge is 2.60. The first-order chi connectivity index (χ1) is 17.1. The Morgan fingerprint density at radius 3 is 2.54 bits per heavy atom. The van der Waals surface area contributed by atoms with E-state index in [4.69, 9.17) is 16.6 Å². The normalized spacial score (nSPS) is 24.6. The maximum atomic E-state index is 10.7. The van der Waals surface area contributed by atoms with E-state index in [1.165, 1.54) is 5.56 Å². The average molecular weight is 486 g/mol. The summed E-state index contributed by atoms with van der Waals surface area (Å²) in [7, 11) is 0. The molecule has 2 aromatic carbocycles. The number of aliphatic hydroxyl groups excluding tert-OH is 2. The molecule has 0 unspecified atom stereocenters. The third-order valence-electron chi connectivity index (χ3n) is 6.94. The number of anilines is 1. The molecule has 0 bridgehead atoms. The second-order valence-electron chi connectivity index (χ2n) is 9.15. The third kappa shape index (κ3) is 4.14. The molecule has 0 spiro atoms. The lowest BCUT2D eigenvalue weighted by Gasteiger charge is -2.22. The van der Waals surface area contributed by atoms with Gasteiger partial charge < -0.3 is 20.1 Å². The van der Waals surface area contributed by atoms with Gasteiger partial charge in [-0.25, -0.2) is 15.0 Å². The minimum Gasteiger partial charge on any atom is -0.390 e. The first-order valence-corrected chi connectivity index (χ1v) is 12.1. The molecule has 176 valence electrons. The zero-order valence-electron chi connectivity index (χ0n) is 18.8. The van der Waals surface area contributed by atoms with Crippen molar-refractivity contribution in [2.45, 2.75) is 31.1 Å². The summed E-state index contributed by atoms with van der Waals surface area (Å²) in [5.74, 6) is 7.39. The Morgan fingerprint density at radius 2 is 1.77 bits per heavy atom. The van der Waals surface area contributed by atoms with Gasteiger partial charge in [-0.1, -0.05) is 60.0 Å². The minimum absolute atomic E-state index is 0.136. The zero-order valence-corrected chi connectivity index (χ0v) is 19.6. The molecule has 5 atom stereocenters. The van der Waals surface area contributed by atoms with E-state index >= 15 is 0 Å². The van der Waals surface area contributed by atoms with Gasteiger partial charge in [-0.3, -0.25) is 0 Å². The van der Waals surface area contributed by atoms with Crippen LogP contribution in [0.2, 0.25) is 5.02 Å². The molecule has 2 heterocycles. The van der Waals surface area contributed by atoms with E-state index in [9.17, 15) is 10.2 Å². The fourth-order valence-corrected chi connectivity index (χ4v) is 5.25. The van der Waals surface area contributed by atoms with Crippen LogP contribution in [-0.4, -0.2) is 48.5 Å². The van der Waals surface area contributed by atoms with E-state index in [-0.39, 0.29) is 17.9 Å². The molecule has 0 aliphatic heterocycles. The quantitative estimate of drug-likeness (QED) is 0.375. The molecule has 7 nitrogen and oxygen atoms in total. The Labute approximate surface area is 207 Å². The molecule has 4 aromatic rings. The van der Waals surface area contributed by atoms with Gasteiger partial charge in [-0.15, -0.1) is 0 Å². The van der Waals surface area contributed by atoms with Crippen molar-refractivity contribution in [3.8, 4) is 11.8 Å². The predicted molar refractivity (Wildman–Crippen MR) is 134 cm³/mol. The molecule has 35 heavy (non-hydrogen) atoms. The largest absolute Gasteiger partial charge is 0.390 e. The number of fused-ring (bicyclic) bond motifs is 2. The minimum atomic E-state index is -0.849. The predicted octanol–water partition coefficient (Wildman–Crippen LogP) is 3.45. The molecule has 2 aromatic heterocycles. The highest BCUT2D eigenvalue weighted by molar-refractivity contribution is 6.31. The summed E-state index contributed by atoms with van der Waals surface area (Å²) in [6, 6.07) is 17.3. The van der Waals surface area contributed by atoms with Crippen molar-refractivity contribution in [2.24, 2.45) is 11.8 Å². The first kappa shape index (κ1) is 22.1. The van der Waals surface area contributed by atoms with Gasteiger partial charge in [0.15, 0.2) is 17.0 Å². The number of rotatable bonds is 5. The van der Waals surface area contributed by atoms with Gasteiger partial charge in [-0.2, -0.15) is 0 Å². The van der Waals surface area contributed by atoms with Crippen LogP contribution in [0.4, 0.5) is 5.82 Å². The number of hydrogen-bond acceptors (Lipinski definition) is 6. The van der Waals surface area contributed by atoms with Crippen molar-refractivity contribution >= 4 is 28.6 Å². The van der Waals surface area contributed by atoms with Gasteiger partial charge in [0.05, 0.1) is 23.5 Å². The smallest absolute Gasteiger partial charge is 0.209 e. The van der Waals surface area contributed by atoms with Crippen molar-refractivity contribution in [1.82, 2.24) is 19.5 Å². The summed E-state index contributed by atoms with van der Waals surface area (Å²) in [6.45, 7) is 0.663. The summed E-state index contributed by atoms with van der Waals surface area (Å²) >= 11 is 6.27. The van der Waals surface area contributed by atoms with Crippen LogP contribution in [0, 0.1) is 23.7 Å². The van der Waals surface area contributed by atoms with Gasteiger partial charge in [0.1, 0.15) is 6.10 Å². The van der Waals surface area contributed by atoms with E-state index in [0.717, 1.165) is 12.8 Å². The van der Waals surface area contributed by atoms with Gasteiger partial charge >= 0.3 is 0 Å². The molecule has 8 heteroatoms. The second-order valence-corrected chi connectivity index (χ2v) is 9.55. The average Bonchev–Trinajstić information content (AvgIpc) is 3.48. The molecule has 3 N–H and O–H groups in total. The second kappa shape index (κ2) is 8.97. The SMILES string of the molecule is O[C@@H]1[C@H](O)[C@@H]2C[C@@H]2[C@H]1n1cnc2c(NCCc3ccccc3)nc(C#Cc3ccccc3Cl)nc21. The van der Waals surface area contributed by atoms with Gasteiger partial charge in [-0.05, 0) is 48.3 Å². The Hall–Kier alpha value is -3.44. The summed E-state index contributed by atoms with van der Waals surface area (Å²) in [5.41, 5.74) is 3.12. The number of nitrogens with one attached hydrogen (secondary N) is 1. The lowest BCUT2D eigenvalue weighted by atomic mass is 10.1. The molecule has 0 saturated heterocycles. The van der Waals surface area contributed by atoms with Crippen LogP contribution in [0.3, 0.4) is 0 Å². The summed E-state index contributed by atoms with van der Waals surface area (Å²) in [6.07, 6.45) is 1.85. The van der Waals surface area contributed by atoms with E-state index in [0.29, 0.717) is 39.9 Å². The molecule has 0 amide bonds. The number of aromatic nitrogens is 4. The van der Waals surface area contributed by atoms with E-state index in [1.54, 1.807) is 12.4 Å². The fraction of sp³-hybridized carbons (Fsp3) is 0.296. The van der Waals surface area contributed by atoms with Gasteiger partial charge in [0.2, 0.25) is 5.82 Å². The van der Waals surface area contributed by atoms with Crippen molar-refractivity contribution in [2.75, 3.05) is 11.9 Å². The first-order valence-electron chi connectivity index (χ1n) is 11.7. The van der Waals surface area contributed by atoms with E-state index in [2.05, 4.69) is 39.3 Å². The molecular weight excluding hydrogens is 462 g/mol. The number of aliphatic hydroxyl groups is 2. The van der Waals surface area contributed by atoms with Crippen LogP contribution in [0.25, 0.3) is 11.2 Å². The van der Waals surface area contributed by atoms with Crippen molar-refractivity contribution in [1.29, 1.82) is 0 Å². The lowest BCUT2D eigenvalue weighted by Crippen LogP contribution is -2.31. The van der Waals surface area contributed by atoms with Crippen LogP contribution in [0.1, 0.15) is 29.4 Å². The van der Waals surface area contributed by atoms with Crippen molar-refractivity contribution in [3.05, 3.63) is 82.9 Å². The molecule has 2 aliphatic carbocycles. The third-order valence-corrected chi connectivity index (χ3v) is 7.27. The summed E-state index contributed by atoms with van der Waals surface area (Å²) in [4.78, 5) is 13.9. The summed E-state index contributed by atoms with van der Waals surface area (Å²) < 4.78 is 1.88. The zero-order chi connectivity index (χ0) is 23.9. The molecule has 6 rings (SSSR count). The molecule has 0 radical (unpaired) electrons. The lowest BCUT2D eigenvalue weighted by molar-refractivity contribution is 0.00386. The summed E-state index contributed by atoms with van der Waals surface area (Å²) in [5, 5.41) is 25.0. The van der Waals surface area contributed by atoms with Crippen LogP contribution < -0.4 is 5.32 Å². The number of nitrogens with zero attached hydrogens (tertiary/aromatic N) is 4. The van der Waals surface area contributed by atoms with Crippen molar-refractivity contribution in [3.63, 3.8) is 0 Å². The van der Waals surface area contributed by atoms with Crippen LogP contribution >= 0.6 is 11.6 Å². The topological polar surface area (TPSA) is 96.1 Å². The van der Waals surface area contributed by atoms with Crippen LogP contribution in [-0.2, 0) is 6.42 Å². The Kier molecular flexibility index (Phi) is 5.65. The monoisotopic (exact) mass is 485 g/mol. The molecule has 2 fully saturated rings. The number of benzene rings is 2. The Bertz CT molecular complexity index is 1440. The molecule has 2 saturated carbocycles. The number of halogens is 1. The maximum Gasteiger partial charge on any atom is 0.209 e. The van der Waals surface area contributed by atoms with Crippen LogP contribution in [0.15, 0.2) is 60.9 Å². The maximum absolute atomic E-state index is 10.7. The Morgan fingerprint density at radius 1 is 0.971 bits per heavy atom. The van der Waals surface area contributed by atoms with E-state index < -0.39 is 12.2 Å². The molecule has 2 aliphatic rings. The number of imidazole rings is 1. The van der Waals surface area contributed by atoms with Crippen LogP contribution in [0.5, 0.6) is 0 Å². The Balaban J connectivity index is 1.37. The highest BCUT2D eigenvalue weighted by atomic mass is 35.5. The van der Waals surface area contributed by atoms with Gasteiger partial charge in [0, 0.05) is 12.1 Å². The van der Waals surface area contributed by atoms with Crippen molar-refractivity contribution < 1.29 is 10.2 Å². The highest BCUT2D eigenvalue weighted by Crippen LogP contribution is 2.57. The van der Waals surface area contributed by atoms with E-state index in [1.807, 2.05) is 41.0 Å². The standard InChI is InChI=1S/C27H24ClN5O2/c28-20-9-5-4-8-17(20)10-11-21-31-26(29-13-12-16-6-2-1-3-7-16)22-27(32-21)33(15-30-22)23-18-14-19(18)24(34)25(23)35/h1-9,15,18-19,23-25,34-35H,12-14H2,(H,29,31,32)/t18-,19+,23+,24+,25-/m0/s1. The number of hydrogen-bond donors (Lipinski definition) is 3. The molecular formula is C27H24ClN5O2.